The highest BCUT2D eigenvalue weighted by Crippen LogP contribution is 2.41. The fourth-order valence-corrected chi connectivity index (χ4v) is 4.12. The maximum atomic E-state index is 11.4. The highest BCUT2D eigenvalue weighted by atomic mass is 32.1. The van der Waals surface area contributed by atoms with Crippen LogP contribution in [0.25, 0.3) is 11.3 Å². The van der Waals surface area contributed by atoms with Crippen molar-refractivity contribution in [2.45, 2.75) is 25.9 Å². The van der Waals surface area contributed by atoms with E-state index in [9.17, 15) is 10.1 Å². The Balaban J connectivity index is 1.76. The molecular weight excluding hydrogens is 400 g/mol. The summed E-state index contributed by atoms with van der Waals surface area (Å²) in [6.45, 7) is 5.02. The van der Waals surface area contributed by atoms with Gasteiger partial charge in [0.1, 0.15) is 17.6 Å². The van der Waals surface area contributed by atoms with Crippen LogP contribution < -0.4 is 5.32 Å². The van der Waals surface area contributed by atoms with Gasteiger partial charge in [0.05, 0.1) is 22.2 Å². The number of pyridine rings is 1. The summed E-state index contributed by atoms with van der Waals surface area (Å²) in [5.41, 5.74) is 1.32. The molecule has 0 bridgehead atoms. The van der Waals surface area contributed by atoms with Gasteiger partial charge in [0.15, 0.2) is 5.11 Å². The summed E-state index contributed by atoms with van der Waals surface area (Å²) in [6, 6.07) is 15.6. The van der Waals surface area contributed by atoms with E-state index in [1.165, 1.54) is 6.07 Å². The van der Waals surface area contributed by atoms with Crippen molar-refractivity contribution in [3.05, 3.63) is 82.4 Å². The normalized spacial score (nSPS) is 18.6. The number of hydrogen-bond donors (Lipinski definition) is 1. The maximum absolute atomic E-state index is 11.4. The van der Waals surface area contributed by atoms with Gasteiger partial charge in [-0.05, 0) is 48.5 Å². The van der Waals surface area contributed by atoms with Gasteiger partial charge in [-0.3, -0.25) is 15.1 Å². The molecule has 0 unspecified atom stereocenters. The molecule has 1 aliphatic rings. The predicted octanol–water partition coefficient (Wildman–Crippen LogP) is 4.88. The molecule has 2 atom stereocenters. The van der Waals surface area contributed by atoms with E-state index in [0.717, 1.165) is 12.2 Å². The van der Waals surface area contributed by atoms with Gasteiger partial charge in [0.2, 0.25) is 0 Å². The zero-order valence-corrected chi connectivity index (χ0v) is 17.5. The van der Waals surface area contributed by atoms with Gasteiger partial charge >= 0.3 is 0 Å². The van der Waals surface area contributed by atoms with E-state index >= 15 is 0 Å². The molecule has 1 saturated heterocycles. The number of nitro benzene ring substituents is 1. The van der Waals surface area contributed by atoms with E-state index in [2.05, 4.69) is 29.0 Å². The van der Waals surface area contributed by atoms with Crippen molar-refractivity contribution in [2.75, 3.05) is 6.54 Å². The van der Waals surface area contributed by atoms with Gasteiger partial charge in [-0.1, -0.05) is 32.0 Å². The Kier molecular flexibility index (Phi) is 5.50. The summed E-state index contributed by atoms with van der Waals surface area (Å²) in [5.74, 6) is 1.53. The number of nitrogens with zero attached hydrogens (tertiary/aromatic N) is 3. The molecule has 0 saturated carbocycles. The number of rotatable bonds is 6. The average molecular weight is 423 g/mol. The van der Waals surface area contributed by atoms with Crippen molar-refractivity contribution in [3.8, 4) is 11.3 Å². The maximum Gasteiger partial charge on any atom is 0.280 e. The molecule has 8 heteroatoms. The first-order valence-electron chi connectivity index (χ1n) is 9.77. The molecule has 1 N–H and O–H groups in total. The molecule has 4 rings (SSSR count). The third-order valence-corrected chi connectivity index (χ3v) is 5.40. The topological polar surface area (TPSA) is 84.4 Å². The number of thiocarbonyl (C=S) groups is 1. The summed E-state index contributed by atoms with van der Waals surface area (Å²) >= 11 is 5.62. The fourth-order valence-electron chi connectivity index (χ4n) is 3.80. The van der Waals surface area contributed by atoms with Crippen molar-refractivity contribution in [1.29, 1.82) is 0 Å². The molecule has 2 aromatic heterocycles. The van der Waals surface area contributed by atoms with Crippen LogP contribution in [0.1, 0.15) is 37.4 Å². The largest absolute Gasteiger partial charge is 0.459 e. The molecule has 0 aliphatic carbocycles. The highest BCUT2D eigenvalue weighted by molar-refractivity contribution is 7.80. The smallest absolute Gasteiger partial charge is 0.280 e. The average Bonchev–Trinajstić information content (AvgIpc) is 3.33. The van der Waals surface area contributed by atoms with Crippen molar-refractivity contribution < 1.29 is 9.34 Å². The molecule has 154 valence electrons. The van der Waals surface area contributed by atoms with Gasteiger partial charge in [-0.15, -0.1) is 0 Å². The summed E-state index contributed by atoms with van der Waals surface area (Å²) < 4.78 is 6.18. The lowest BCUT2D eigenvalue weighted by atomic mass is 10.0. The minimum atomic E-state index is -0.397. The first-order valence-corrected chi connectivity index (χ1v) is 10.2. The Morgan fingerprint density at radius 2 is 1.97 bits per heavy atom. The van der Waals surface area contributed by atoms with Crippen molar-refractivity contribution in [3.63, 3.8) is 0 Å². The minimum absolute atomic E-state index is 0.0128. The number of furan rings is 1. The number of para-hydroxylation sites is 1. The third kappa shape index (κ3) is 3.78. The molecule has 1 aliphatic heterocycles. The minimum Gasteiger partial charge on any atom is -0.459 e. The van der Waals surface area contributed by atoms with Gasteiger partial charge in [0, 0.05) is 18.8 Å². The van der Waals surface area contributed by atoms with Crippen LogP contribution in [0.5, 0.6) is 0 Å². The van der Waals surface area contributed by atoms with Crippen LogP contribution in [0, 0.1) is 16.0 Å². The standard InChI is InChI=1S/C22H22N4O3S/c1-14(2)13-25-21(20(24-22(25)30)16-8-5-6-12-23-16)19-11-10-18(29-19)15-7-3-4-9-17(15)26(27)28/h3-12,14,20-21H,13H2,1-2H3,(H,24,30)/t20-,21+/m1/s1. The van der Waals surface area contributed by atoms with Gasteiger partial charge in [-0.2, -0.15) is 0 Å². The zero-order chi connectivity index (χ0) is 21.3. The molecular formula is C22H22N4O3S. The molecule has 0 radical (unpaired) electrons. The second-order valence-corrected chi connectivity index (χ2v) is 8.04. The lowest BCUT2D eigenvalue weighted by Gasteiger charge is -2.27. The second kappa shape index (κ2) is 8.23. The summed E-state index contributed by atoms with van der Waals surface area (Å²) in [7, 11) is 0. The van der Waals surface area contributed by atoms with E-state index < -0.39 is 4.92 Å². The summed E-state index contributed by atoms with van der Waals surface area (Å²) in [6.07, 6.45) is 1.75. The third-order valence-electron chi connectivity index (χ3n) is 5.04. The van der Waals surface area contributed by atoms with Gasteiger partial charge < -0.3 is 14.6 Å². The highest BCUT2D eigenvalue weighted by Gasteiger charge is 2.41. The van der Waals surface area contributed by atoms with Crippen LogP contribution in [-0.2, 0) is 0 Å². The van der Waals surface area contributed by atoms with Crippen molar-refractivity contribution in [1.82, 2.24) is 15.2 Å². The van der Waals surface area contributed by atoms with Crippen molar-refractivity contribution >= 4 is 23.0 Å². The quantitative estimate of drug-likeness (QED) is 0.344. The van der Waals surface area contributed by atoms with Crippen molar-refractivity contribution in [2.24, 2.45) is 5.92 Å². The zero-order valence-electron chi connectivity index (χ0n) is 16.7. The first kappa shape index (κ1) is 20.0. The molecule has 0 amide bonds. The number of nitro groups is 1. The van der Waals surface area contributed by atoms with E-state index in [1.54, 1.807) is 30.5 Å². The van der Waals surface area contributed by atoms with Gasteiger partial charge in [-0.25, -0.2) is 0 Å². The number of hydrogen-bond acceptors (Lipinski definition) is 5. The monoisotopic (exact) mass is 422 g/mol. The van der Waals surface area contributed by atoms with Gasteiger partial charge in [0.25, 0.3) is 5.69 Å². The predicted molar refractivity (Wildman–Crippen MR) is 118 cm³/mol. The fraction of sp³-hybridized carbons (Fsp3) is 0.273. The molecule has 0 spiro atoms. The molecule has 7 nitrogen and oxygen atoms in total. The van der Waals surface area contributed by atoms with Crippen LogP contribution in [0.15, 0.2) is 65.2 Å². The van der Waals surface area contributed by atoms with Crippen LogP contribution in [0.3, 0.4) is 0 Å². The Bertz CT molecular complexity index is 1070. The van der Waals surface area contributed by atoms with Crippen LogP contribution in [-0.4, -0.2) is 26.5 Å². The van der Waals surface area contributed by atoms with E-state index in [0.29, 0.717) is 28.1 Å². The number of benzene rings is 1. The molecule has 3 heterocycles. The molecule has 1 fully saturated rings. The molecule has 3 aromatic rings. The van der Waals surface area contributed by atoms with Crippen LogP contribution in [0.4, 0.5) is 5.69 Å². The van der Waals surface area contributed by atoms with Crippen LogP contribution >= 0.6 is 12.2 Å². The van der Waals surface area contributed by atoms with E-state index in [1.807, 2.05) is 24.3 Å². The Morgan fingerprint density at radius 3 is 2.67 bits per heavy atom. The SMILES string of the molecule is CC(C)CN1C(=S)N[C@H](c2ccccn2)[C@@H]1c1ccc(-c2ccccc2[N+](=O)[O-])o1. The number of nitrogens with one attached hydrogen (secondary N) is 1. The summed E-state index contributed by atoms with van der Waals surface area (Å²) in [5, 5.41) is 15.5. The van der Waals surface area contributed by atoms with E-state index in [4.69, 9.17) is 16.6 Å². The Hall–Kier alpha value is -3.26. The van der Waals surface area contributed by atoms with E-state index in [-0.39, 0.29) is 17.8 Å². The Morgan fingerprint density at radius 1 is 1.20 bits per heavy atom. The lowest BCUT2D eigenvalue weighted by Crippen LogP contribution is -2.32. The molecule has 30 heavy (non-hydrogen) atoms. The second-order valence-electron chi connectivity index (χ2n) is 7.65. The lowest BCUT2D eigenvalue weighted by molar-refractivity contribution is -0.384. The first-order chi connectivity index (χ1) is 14.5. The number of aromatic nitrogens is 1. The molecule has 1 aromatic carbocycles. The summed E-state index contributed by atoms with van der Waals surface area (Å²) in [4.78, 5) is 17.7. The Labute approximate surface area is 179 Å². The van der Waals surface area contributed by atoms with Crippen LogP contribution in [0.2, 0.25) is 0 Å².